The van der Waals surface area contributed by atoms with Gasteiger partial charge in [-0.1, -0.05) is 30.3 Å². The van der Waals surface area contributed by atoms with Crippen LogP contribution >= 0.6 is 0 Å². The number of anilines is 2. The number of nitrogens with one attached hydrogen (secondary N) is 2. The first-order valence-electron chi connectivity index (χ1n) is 6.85. The van der Waals surface area contributed by atoms with Gasteiger partial charge in [0.25, 0.3) is 5.78 Å². The zero-order valence-corrected chi connectivity index (χ0v) is 11.9. The third-order valence-electron chi connectivity index (χ3n) is 3.30. The fourth-order valence-electron chi connectivity index (χ4n) is 2.30. The number of nitrogens with zero attached hydrogens (tertiary/aromatic N) is 5. The molecule has 0 aliphatic heterocycles. The van der Waals surface area contributed by atoms with Gasteiger partial charge in [0.1, 0.15) is 12.1 Å². The predicted molar refractivity (Wildman–Crippen MR) is 82.8 cm³/mol. The van der Waals surface area contributed by atoms with E-state index in [4.69, 9.17) is 0 Å². The van der Waals surface area contributed by atoms with E-state index in [-0.39, 0.29) is 0 Å². The van der Waals surface area contributed by atoms with Gasteiger partial charge in [-0.3, -0.25) is 5.10 Å². The molecular weight excluding hydrogens is 278 g/mol. The van der Waals surface area contributed by atoms with Crippen LogP contribution in [-0.2, 0) is 0 Å². The predicted octanol–water partition coefficient (Wildman–Crippen LogP) is 2.57. The maximum atomic E-state index is 4.31. The highest BCUT2D eigenvalue weighted by atomic mass is 15.4. The van der Waals surface area contributed by atoms with Gasteiger partial charge in [0.05, 0.1) is 5.69 Å². The van der Waals surface area contributed by atoms with E-state index >= 15 is 0 Å². The summed E-state index contributed by atoms with van der Waals surface area (Å²) in [5.41, 5.74) is 2.89. The normalized spacial score (nSPS) is 11.0. The zero-order valence-electron chi connectivity index (χ0n) is 11.9. The smallest absolute Gasteiger partial charge is 0.254 e. The Morgan fingerprint density at radius 2 is 2.00 bits per heavy atom. The van der Waals surface area contributed by atoms with Gasteiger partial charge >= 0.3 is 0 Å². The Kier molecular flexibility index (Phi) is 2.82. The number of aromatic amines is 1. The van der Waals surface area contributed by atoms with E-state index in [1.165, 1.54) is 6.33 Å². The summed E-state index contributed by atoms with van der Waals surface area (Å²) in [7, 11) is 0. The second kappa shape index (κ2) is 4.96. The summed E-state index contributed by atoms with van der Waals surface area (Å²) in [6.07, 6.45) is 1.48. The summed E-state index contributed by atoms with van der Waals surface area (Å²) in [5, 5.41) is 14.7. The Hall–Kier alpha value is -3.22. The molecule has 2 N–H and O–H groups in total. The molecule has 4 rings (SSSR count). The second-order valence-corrected chi connectivity index (χ2v) is 4.91. The van der Waals surface area contributed by atoms with Gasteiger partial charge in [0.15, 0.2) is 5.82 Å². The van der Waals surface area contributed by atoms with Crippen molar-refractivity contribution < 1.29 is 0 Å². The fourth-order valence-corrected chi connectivity index (χ4v) is 2.30. The molecule has 0 radical (unpaired) electrons. The maximum absolute atomic E-state index is 4.31. The Bertz CT molecular complexity index is 923. The number of fused-ring (bicyclic) bond motifs is 1. The van der Waals surface area contributed by atoms with Crippen LogP contribution in [0.5, 0.6) is 0 Å². The number of hydrogen-bond donors (Lipinski definition) is 2. The van der Waals surface area contributed by atoms with Crippen molar-refractivity contribution in [2.24, 2.45) is 0 Å². The highest BCUT2D eigenvalue weighted by molar-refractivity contribution is 5.65. The Morgan fingerprint density at radius 3 is 2.86 bits per heavy atom. The third-order valence-corrected chi connectivity index (χ3v) is 3.30. The summed E-state index contributed by atoms with van der Waals surface area (Å²) in [4.78, 5) is 8.42. The lowest BCUT2D eigenvalue weighted by Gasteiger charge is -2.05. The van der Waals surface area contributed by atoms with Gasteiger partial charge in [-0.2, -0.15) is 19.7 Å². The molecule has 3 heterocycles. The molecule has 0 saturated heterocycles. The van der Waals surface area contributed by atoms with Crippen molar-refractivity contribution >= 4 is 17.4 Å². The van der Waals surface area contributed by atoms with Crippen molar-refractivity contribution in [2.45, 2.75) is 6.92 Å². The van der Waals surface area contributed by atoms with Crippen LogP contribution in [0.3, 0.4) is 0 Å². The standard InChI is InChI=1S/C15H13N7/c1-10-7-14(22-15(18-10)16-9-17-22)19-13-8-12(20-21-13)11-5-3-2-4-6-11/h2-9H,1H3,(H2,19,20,21). The molecule has 22 heavy (non-hydrogen) atoms. The topological polar surface area (TPSA) is 83.8 Å². The Labute approximate surface area is 126 Å². The number of benzene rings is 1. The lowest BCUT2D eigenvalue weighted by Crippen LogP contribution is -2.02. The fraction of sp³-hybridized carbons (Fsp3) is 0.0667. The van der Waals surface area contributed by atoms with Crippen molar-refractivity contribution in [2.75, 3.05) is 5.32 Å². The third kappa shape index (κ3) is 2.18. The molecule has 0 fully saturated rings. The van der Waals surface area contributed by atoms with Gasteiger partial charge in [-0.05, 0) is 12.5 Å². The van der Waals surface area contributed by atoms with E-state index < -0.39 is 0 Å². The van der Waals surface area contributed by atoms with Gasteiger partial charge in [0, 0.05) is 17.8 Å². The minimum absolute atomic E-state index is 0.557. The summed E-state index contributed by atoms with van der Waals surface area (Å²) in [6, 6.07) is 13.9. The maximum Gasteiger partial charge on any atom is 0.254 e. The van der Waals surface area contributed by atoms with Crippen molar-refractivity contribution in [1.29, 1.82) is 0 Å². The van der Waals surface area contributed by atoms with Crippen LogP contribution in [0.2, 0.25) is 0 Å². The first kappa shape index (κ1) is 12.5. The molecule has 0 spiro atoms. The quantitative estimate of drug-likeness (QED) is 0.606. The Balaban J connectivity index is 1.69. The van der Waals surface area contributed by atoms with Crippen molar-refractivity contribution in [3.8, 4) is 11.3 Å². The van der Waals surface area contributed by atoms with E-state index in [1.807, 2.05) is 49.4 Å². The van der Waals surface area contributed by atoms with Crippen LogP contribution in [0.1, 0.15) is 5.69 Å². The van der Waals surface area contributed by atoms with Gasteiger partial charge < -0.3 is 5.32 Å². The molecule has 7 nitrogen and oxygen atoms in total. The summed E-state index contributed by atoms with van der Waals surface area (Å²) in [5.74, 6) is 2.04. The SMILES string of the molecule is Cc1cc(Nc2cc(-c3ccccc3)[nH]n2)n2ncnc2n1. The number of aromatic nitrogens is 6. The molecule has 0 amide bonds. The van der Waals surface area contributed by atoms with Gasteiger partial charge in [-0.25, -0.2) is 4.98 Å². The van der Waals surface area contributed by atoms with E-state index in [1.54, 1.807) is 4.52 Å². The summed E-state index contributed by atoms with van der Waals surface area (Å²) < 4.78 is 1.64. The van der Waals surface area contributed by atoms with E-state index in [0.29, 0.717) is 11.6 Å². The average Bonchev–Trinajstić information content (AvgIpc) is 3.17. The Morgan fingerprint density at radius 1 is 1.14 bits per heavy atom. The van der Waals surface area contributed by atoms with Crippen molar-refractivity contribution in [1.82, 2.24) is 29.8 Å². The second-order valence-electron chi connectivity index (χ2n) is 4.91. The lowest BCUT2D eigenvalue weighted by molar-refractivity contribution is 0.934. The monoisotopic (exact) mass is 291 g/mol. The summed E-state index contributed by atoms with van der Waals surface area (Å²) in [6.45, 7) is 1.92. The summed E-state index contributed by atoms with van der Waals surface area (Å²) >= 11 is 0. The largest absolute Gasteiger partial charge is 0.323 e. The average molecular weight is 291 g/mol. The molecule has 0 aliphatic rings. The first-order chi connectivity index (χ1) is 10.8. The molecule has 7 heteroatoms. The van der Waals surface area contributed by atoms with Gasteiger partial charge in [0.2, 0.25) is 0 Å². The number of hydrogen-bond acceptors (Lipinski definition) is 5. The van der Waals surface area contributed by atoms with Crippen LogP contribution in [0.25, 0.3) is 17.0 Å². The molecule has 3 aromatic heterocycles. The minimum Gasteiger partial charge on any atom is -0.323 e. The number of rotatable bonds is 3. The zero-order chi connectivity index (χ0) is 14.9. The molecule has 0 unspecified atom stereocenters. The minimum atomic E-state index is 0.557. The molecular formula is C15H13N7. The number of aryl methyl sites for hydroxylation is 1. The molecule has 108 valence electrons. The number of H-pyrrole nitrogens is 1. The highest BCUT2D eigenvalue weighted by Crippen LogP contribution is 2.22. The van der Waals surface area contributed by atoms with Crippen LogP contribution in [-0.4, -0.2) is 29.8 Å². The first-order valence-corrected chi connectivity index (χ1v) is 6.85. The molecule has 0 saturated carbocycles. The van der Waals surface area contributed by atoms with Crippen LogP contribution in [0, 0.1) is 6.92 Å². The van der Waals surface area contributed by atoms with Crippen LogP contribution in [0.4, 0.5) is 11.6 Å². The van der Waals surface area contributed by atoms with E-state index in [2.05, 4.69) is 30.6 Å². The lowest BCUT2D eigenvalue weighted by atomic mass is 10.2. The van der Waals surface area contributed by atoms with Crippen molar-refractivity contribution in [3.63, 3.8) is 0 Å². The molecule has 0 atom stereocenters. The molecule has 4 aromatic rings. The molecule has 0 aliphatic carbocycles. The van der Waals surface area contributed by atoms with Gasteiger partial charge in [-0.15, -0.1) is 0 Å². The highest BCUT2D eigenvalue weighted by Gasteiger charge is 2.08. The van der Waals surface area contributed by atoms with Crippen LogP contribution < -0.4 is 5.32 Å². The molecule has 0 bridgehead atoms. The van der Waals surface area contributed by atoms with Crippen molar-refractivity contribution in [3.05, 3.63) is 54.5 Å². The van der Waals surface area contributed by atoms with Crippen LogP contribution in [0.15, 0.2) is 48.8 Å². The van der Waals surface area contributed by atoms with E-state index in [9.17, 15) is 0 Å². The van der Waals surface area contributed by atoms with E-state index in [0.717, 1.165) is 22.8 Å². The molecule has 1 aromatic carbocycles.